The van der Waals surface area contributed by atoms with Crippen LogP contribution in [0.1, 0.15) is 51.0 Å². The van der Waals surface area contributed by atoms with E-state index in [-0.39, 0.29) is 23.8 Å². The highest BCUT2D eigenvalue weighted by molar-refractivity contribution is 7.09. The summed E-state index contributed by atoms with van der Waals surface area (Å²) < 4.78 is 5.43. The molecule has 1 aromatic heterocycles. The molecule has 0 saturated heterocycles. The van der Waals surface area contributed by atoms with Gasteiger partial charge in [0, 0.05) is 37.6 Å². The Labute approximate surface area is 191 Å². The second-order valence-electron chi connectivity index (χ2n) is 8.92. The Balaban J connectivity index is 2.12. The molecule has 170 valence electrons. The van der Waals surface area contributed by atoms with E-state index in [1.54, 1.807) is 16.2 Å². The number of carbonyl (C=O) groups excluding carboxylic acids is 2. The van der Waals surface area contributed by atoms with Crippen molar-refractivity contribution < 1.29 is 14.3 Å². The number of benzene rings is 1. The molecule has 0 N–H and O–H groups in total. The van der Waals surface area contributed by atoms with Gasteiger partial charge in [-0.15, -0.1) is 11.3 Å². The predicted octanol–water partition coefficient (Wildman–Crippen LogP) is 4.97. The van der Waals surface area contributed by atoms with Gasteiger partial charge in [-0.25, -0.2) is 0 Å². The highest BCUT2D eigenvalue weighted by Crippen LogP contribution is 2.21. The lowest BCUT2D eigenvalue weighted by atomic mass is 9.91. The van der Waals surface area contributed by atoms with Crippen molar-refractivity contribution in [3.8, 4) is 0 Å². The van der Waals surface area contributed by atoms with Crippen molar-refractivity contribution >= 4 is 23.2 Å². The summed E-state index contributed by atoms with van der Waals surface area (Å²) in [7, 11) is 0. The summed E-state index contributed by atoms with van der Waals surface area (Å²) in [4.78, 5) is 31.0. The van der Waals surface area contributed by atoms with Crippen molar-refractivity contribution in [2.45, 2.75) is 53.6 Å². The van der Waals surface area contributed by atoms with Crippen molar-refractivity contribution in [3.63, 3.8) is 0 Å². The van der Waals surface area contributed by atoms with Crippen LogP contribution in [-0.4, -0.2) is 47.9 Å². The summed E-state index contributed by atoms with van der Waals surface area (Å²) in [6, 6.07) is 14.0. The van der Waals surface area contributed by atoms with E-state index in [9.17, 15) is 9.59 Å². The zero-order chi connectivity index (χ0) is 22.7. The minimum absolute atomic E-state index is 0.0214. The monoisotopic (exact) mass is 444 g/mol. The molecule has 0 fully saturated rings. The Morgan fingerprint density at radius 3 is 2.32 bits per heavy atom. The first-order valence-electron chi connectivity index (χ1n) is 11.0. The lowest BCUT2D eigenvalue weighted by Gasteiger charge is -2.29. The van der Waals surface area contributed by atoms with Gasteiger partial charge in [-0.2, -0.15) is 0 Å². The van der Waals surface area contributed by atoms with Crippen molar-refractivity contribution in [1.82, 2.24) is 9.80 Å². The maximum absolute atomic E-state index is 13.3. The first-order chi connectivity index (χ1) is 14.8. The highest BCUT2D eigenvalue weighted by atomic mass is 32.1. The van der Waals surface area contributed by atoms with Gasteiger partial charge in [0.2, 0.25) is 11.8 Å². The summed E-state index contributed by atoms with van der Waals surface area (Å²) in [6.45, 7) is 11.0. The summed E-state index contributed by atoms with van der Waals surface area (Å²) in [6.07, 6.45) is 1.14. The average molecular weight is 445 g/mol. The van der Waals surface area contributed by atoms with E-state index < -0.39 is 0 Å². The van der Waals surface area contributed by atoms with Crippen molar-refractivity contribution in [2.75, 3.05) is 26.3 Å². The van der Waals surface area contributed by atoms with Crippen molar-refractivity contribution in [2.24, 2.45) is 5.41 Å². The summed E-state index contributed by atoms with van der Waals surface area (Å²) in [5.41, 5.74) is 0.954. The fraction of sp³-hybridized carbons (Fsp3) is 0.520. The van der Waals surface area contributed by atoms with Crippen LogP contribution in [0.3, 0.4) is 0 Å². The molecule has 2 amide bonds. The molecule has 6 heteroatoms. The molecule has 0 radical (unpaired) electrons. The van der Waals surface area contributed by atoms with E-state index in [0.717, 1.165) is 16.9 Å². The van der Waals surface area contributed by atoms with E-state index in [0.29, 0.717) is 39.3 Å². The van der Waals surface area contributed by atoms with Crippen LogP contribution < -0.4 is 0 Å². The molecule has 0 atom stereocenters. The number of rotatable bonds is 12. The molecule has 2 aromatic rings. The highest BCUT2D eigenvalue weighted by Gasteiger charge is 2.25. The number of hydrogen-bond donors (Lipinski definition) is 0. The quantitative estimate of drug-likeness (QED) is 0.434. The fourth-order valence-corrected chi connectivity index (χ4v) is 3.97. The predicted molar refractivity (Wildman–Crippen MR) is 127 cm³/mol. The lowest BCUT2D eigenvalue weighted by molar-refractivity contribution is -0.142. The molecule has 0 bridgehead atoms. The number of thiophene rings is 1. The number of ether oxygens (including phenoxy) is 1. The average Bonchev–Trinajstić information content (AvgIpc) is 3.22. The van der Waals surface area contributed by atoms with Crippen LogP contribution in [0.4, 0.5) is 0 Å². The minimum atomic E-state index is -0.126. The molecule has 0 aliphatic heterocycles. The zero-order valence-electron chi connectivity index (χ0n) is 19.3. The molecule has 31 heavy (non-hydrogen) atoms. The summed E-state index contributed by atoms with van der Waals surface area (Å²) in [5.74, 6) is -0.0101. The Kier molecular flexibility index (Phi) is 10.2. The maximum Gasteiger partial charge on any atom is 0.242 e. The van der Waals surface area contributed by atoms with Gasteiger partial charge in [-0.05, 0) is 35.8 Å². The Bertz CT molecular complexity index is 785. The molecule has 0 saturated carbocycles. The van der Waals surface area contributed by atoms with Crippen LogP contribution in [0, 0.1) is 5.41 Å². The van der Waals surface area contributed by atoms with Crippen LogP contribution >= 0.6 is 11.3 Å². The van der Waals surface area contributed by atoms with Crippen LogP contribution in [0.2, 0.25) is 0 Å². The Morgan fingerprint density at radius 1 is 0.968 bits per heavy atom. The van der Waals surface area contributed by atoms with Crippen LogP contribution in [0.5, 0.6) is 0 Å². The third-order valence-electron chi connectivity index (χ3n) is 4.78. The minimum Gasteiger partial charge on any atom is -0.382 e. The Hall–Kier alpha value is -2.18. The van der Waals surface area contributed by atoms with Crippen molar-refractivity contribution in [3.05, 3.63) is 58.3 Å². The third kappa shape index (κ3) is 9.66. The topological polar surface area (TPSA) is 49.9 Å². The van der Waals surface area contributed by atoms with Gasteiger partial charge in [0.1, 0.15) is 0 Å². The molecule has 0 aliphatic carbocycles. The van der Waals surface area contributed by atoms with E-state index >= 15 is 0 Å². The Morgan fingerprint density at radius 2 is 1.71 bits per heavy atom. The third-order valence-corrected chi connectivity index (χ3v) is 5.64. The first-order valence-corrected chi connectivity index (χ1v) is 11.9. The molecular formula is C25H36N2O3S. The smallest absolute Gasteiger partial charge is 0.242 e. The number of hydrogen-bond acceptors (Lipinski definition) is 4. The fourth-order valence-electron chi connectivity index (χ4n) is 3.25. The van der Waals surface area contributed by atoms with Gasteiger partial charge in [0.25, 0.3) is 0 Å². The van der Waals surface area contributed by atoms with E-state index in [1.807, 2.05) is 80.4 Å². The van der Waals surface area contributed by atoms with E-state index in [1.165, 1.54) is 0 Å². The molecule has 1 heterocycles. The lowest BCUT2D eigenvalue weighted by Crippen LogP contribution is -2.43. The molecule has 0 unspecified atom stereocenters. The molecule has 2 rings (SSSR count). The summed E-state index contributed by atoms with van der Waals surface area (Å²) >= 11 is 1.64. The maximum atomic E-state index is 13.3. The molecule has 0 spiro atoms. The number of nitrogens with zero attached hydrogens (tertiary/aromatic N) is 2. The second-order valence-corrected chi connectivity index (χ2v) is 9.95. The molecule has 0 aliphatic rings. The van der Waals surface area contributed by atoms with Gasteiger partial charge in [-0.1, -0.05) is 57.2 Å². The van der Waals surface area contributed by atoms with Crippen molar-refractivity contribution in [1.29, 1.82) is 0 Å². The van der Waals surface area contributed by atoms with Crippen LogP contribution in [0.25, 0.3) is 0 Å². The van der Waals surface area contributed by atoms with Crippen LogP contribution in [-0.2, 0) is 27.4 Å². The van der Waals surface area contributed by atoms with Gasteiger partial charge in [0.15, 0.2) is 0 Å². The van der Waals surface area contributed by atoms with Gasteiger partial charge < -0.3 is 14.5 Å². The normalized spacial score (nSPS) is 11.4. The zero-order valence-corrected chi connectivity index (χ0v) is 20.1. The number of carbonyl (C=O) groups is 2. The first kappa shape index (κ1) is 25.1. The van der Waals surface area contributed by atoms with Gasteiger partial charge in [0.05, 0.1) is 13.1 Å². The van der Waals surface area contributed by atoms with Gasteiger partial charge in [-0.3, -0.25) is 9.59 Å². The summed E-state index contributed by atoms with van der Waals surface area (Å²) in [5, 5.41) is 2.02. The molecular weight excluding hydrogens is 408 g/mol. The van der Waals surface area contributed by atoms with E-state index in [4.69, 9.17) is 4.74 Å². The standard InChI is InChI=1S/C25H36N2O3S/c1-5-30-15-10-14-26(23(28)17-25(2,3)4)20-24(29)27(19-22-13-9-16-31-22)18-21-11-7-6-8-12-21/h6-9,11-13,16H,5,10,14-15,17-20H2,1-4H3. The molecule has 1 aromatic carbocycles. The largest absolute Gasteiger partial charge is 0.382 e. The van der Waals surface area contributed by atoms with Crippen LogP contribution in [0.15, 0.2) is 47.8 Å². The number of amides is 2. The van der Waals surface area contributed by atoms with E-state index in [2.05, 4.69) is 0 Å². The second kappa shape index (κ2) is 12.6. The SMILES string of the molecule is CCOCCCN(CC(=O)N(Cc1ccccc1)Cc1cccs1)C(=O)CC(C)(C)C. The van der Waals surface area contributed by atoms with Gasteiger partial charge >= 0.3 is 0 Å². The molecule has 5 nitrogen and oxygen atoms in total.